The normalized spacial score (nSPS) is 10.7. The van der Waals surface area contributed by atoms with Crippen molar-refractivity contribution in [2.45, 2.75) is 46.0 Å². The Bertz CT molecular complexity index is 899. The smallest absolute Gasteiger partial charge is 0.258 e. The molecule has 0 radical (unpaired) electrons. The molecule has 0 saturated carbocycles. The molecule has 0 aliphatic carbocycles. The van der Waals surface area contributed by atoms with E-state index in [0.29, 0.717) is 23.7 Å². The Labute approximate surface area is 172 Å². The monoisotopic (exact) mass is 392 g/mol. The van der Waals surface area contributed by atoms with Crippen molar-refractivity contribution in [3.63, 3.8) is 0 Å². The maximum Gasteiger partial charge on any atom is 0.258 e. The predicted molar refractivity (Wildman–Crippen MR) is 115 cm³/mol. The molecule has 1 aromatic heterocycles. The second-order valence-electron chi connectivity index (χ2n) is 7.18. The van der Waals surface area contributed by atoms with Gasteiger partial charge in [0.2, 0.25) is 5.88 Å². The molecule has 0 atom stereocenters. The summed E-state index contributed by atoms with van der Waals surface area (Å²) >= 11 is 0. The fourth-order valence-corrected chi connectivity index (χ4v) is 2.98. The van der Waals surface area contributed by atoms with Gasteiger partial charge in [0.25, 0.3) is 5.91 Å². The van der Waals surface area contributed by atoms with Crippen LogP contribution >= 0.6 is 0 Å². The number of hydrogen-bond donors (Lipinski definition) is 1. The zero-order chi connectivity index (χ0) is 20.5. The average Bonchev–Trinajstić information content (AvgIpc) is 3.20. The molecule has 0 aliphatic rings. The number of carbonyl (C=O) groups is 1. The maximum atomic E-state index is 12.4. The molecule has 0 spiro atoms. The number of nitrogens with one attached hydrogen (secondary N) is 1. The molecule has 152 valence electrons. The Kier molecular flexibility index (Phi) is 7.45. The van der Waals surface area contributed by atoms with Gasteiger partial charge in [0.1, 0.15) is 11.4 Å². The van der Waals surface area contributed by atoms with E-state index in [1.807, 2.05) is 43.3 Å². The van der Waals surface area contributed by atoms with Crippen LogP contribution in [0.15, 0.2) is 59.1 Å². The van der Waals surface area contributed by atoms with Crippen molar-refractivity contribution in [2.24, 2.45) is 0 Å². The second-order valence-corrected chi connectivity index (χ2v) is 7.18. The van der Waals surface area contributed by atoms with Crippen LogP contribution in [-0.2, 0) is 0 Å². The van der Waals surface area contributed by atoms with Gasteiger partial charge < -0.3 is 9.26 Å². The van der Waals surface area contributed by atoms with E-state index >= 15 is 0 Å². The molecule has 3 rings (SSSR count). The average molecular weight is 392 g/mol. The summed E-state index contributed by atoms with van der Waals surface area (Å²) in [7, 11) is 0. The molecular weight excluding hydrogens is 364 g/mol. The molecule has 0 unspecified atom stereocenters. The fourth-order valence-electron chi connectivity index (χ4n) is 2.98. The summed E-state index contributed by atoms with van der Waals surface area (Å²) in [5.74, 6) is 0.846. The van der Waals surface area contributed by atoms with E-state index in [-0.39, 0.29) is 5.91 Å². The molecule has 0 saturated heterocycles. The highest BCUT2D eigenvalue weighted by atomic mass is 16.5. The molecule has 3 aromatic rings. The van der Waals surface area contributed by atoms with Gasteiger partial charge in [-0.15, -0.1) is 0 Å². The molecule has 5 heteroatoms. The van der Waals surface area contributed by atoms with Crippen LogP contribution in [-0.4, -0.2) is 17.7 Å². The number of ether oxygens (including phenoxy) is 1. The van der Waals surface area contributed by atoms with E-state index in [2.05, 4.69) is 17.4 Å². The third kappa shape index (κ3) is 6.21. The van der Waals surface area contributed by atoms with Crippen LogP contribution in [0, 0.1) is 6.92 Å². The molecule has 0 aliphatic heterocycles. The molecule has 5 nitrogen and oxygen atoms in total. The number of aromatic nitrogens is 1. The number of amides is 1. The van der Waals surface area contributed by atoms with Crippen molar-refractivity contribution in [2.75, 3.05) is 11.9 Å². The van der Waals surface area contributed by atoms with Crippen molar-refractivity contribution in [1.29, 1.82) is 0 Å². The van der Waals surface area contributed by atoms with E-state index in [0.717, 1.165) is 17.7 Å². The lowest BCUT2D eigenvalue weighted by Gasteiger charge is -2.07. The summed E-state index contributed by atoms with van der Waals surface area (Å²) in [5.41, 5.74) is 3.34. The molecular formula is C24H28N2O3. The molecule has 1 amide bonds. The predicted octanol–water partition coefficient (Wildman–Crippen LogP) is 6.25. The van der Waals surface area contributed by atoms with E-state index in [1.165, 1.54) is 31.2 Å². The summed E-state index contributed by atoms with van der Waals surface area (Å²) in [6, 6.07) is 16.8. The van der Waals surface area contributed by atoms with Crippen molar-refractivity contribution in [3.05, 3.63) is 65.7 Å². The standard InChI is InChI=1S/C24H28N2O3/c1-3-4-5-6-7-16-28-21-14-12-20(13-15-21)24(27)25-23-17-22(26-29-23)19-10-8-18(2)9-11-19/h8-15,17H,3-7,16H2,1-2H3,(H,25,27). The first-order chi connectivity index (χ1) is 14.2. The van der Waals surface area contributed by atoms with Crippen molar-refractivity contribution in [1.82, 2.24) is 5.16 Å². The van der Waals surface area contributed by atoms with Crippen molar-refractivity contribution < 1.29 is 14.1 Å². The van der Waals surface area contributed by atoms with Gasteiger partial charge in [-0.25, -0.2) is 0 Å². The lowest BCUT2D eigenvalue weighted by molar-refractivity contribution is 0.102. The second kappa shape index (κ2) is 10.5. The number of benzene rings is 2. The molecule has 2 aromatic carbocycles. The number of hydrogen-bond acceptors (Lipinski definition) is 4. The molecule has 0 fully saturated rings. The van der Waals surface area contributed by atoms with Crippen LogP contribution in [0.2, 0.25) is 0 Å². The van der Waals surface area contributed by atoms with Gasteiger partial charge in [-0.05, 0) is 37.6 Å². The fraction of sp³-hybridized carbons (Fsp3) is 0.333. The summed E-state index contributed by atoms with van der Waals surface area (Å²) in [6.07, 6.45) is 6.02. The summed E-state index contributed by atoms with van der Waals surface area (Å²) in [4.78, 5) is 12.4. The van der Waals surface area contributed by atoms with Crippen LogP contribution in [0.5, 0.6) is 5.75 Å². The molecule has 0 bridgehead atoms. The van der Waals surface area contributed by atoms with Gasteiger partial charge in [-0.3, -0.25) is 10.1 Å². The van der Waals surface area contributed by atoms with Crippen LogP contribution in [0.25, 0.3) is 11.3 Å². The first-order valence-electron chi connectivity index (χ1n) is 10.2. The Hall–Kier alpha value is -3.08. The topological polar surface area (TPSA) is 64.4 Å². The van der Waals surface area contributed by atoms with Gasteiger partial charge in [0, 0.05) is 17.2 Å². The van der Waals surface area contributed by atoms with Crippen LogP contribution in [0.3, 0.4) is 0 Å². The largest absolute Gasteiger partial charge is 0.494 e. The van der Waals surface area contributed by atoms with Crippen LogP contribution in [0.4, 0.5) is 5.88 Å². The summed E-state index contributed by atoms with van der Waals surface area (Å²) < 4.78 is 11.0. The van der Waals surface area contributed by atoms with Gasteiger partial charge in [-0.2, -0.15) is 0 Å². The highest BCUT2D eigenvalue weighted by Gasteiger charge is 2.11. The van der Waals surface area contributed by atoms with Gasteiger partial charge in [-0.1, -0.05) is 67.6 Å². The van der Waals surface area contributed by atoms with E-state index in [1.54, 1.807) is 18.2 Å². The van der Waals surface area contributed by atoms with Gasteiger partial charge >= 0.3 is 0 Å². The van der Waals surface area contributed by atoms with E-state index < -0.39 is 0 Å². The number of aryl methyl sites for hydroxylation is 1. The minimum atomic E-state index is -0.247. The first-order valence-corrected chi connectivity index (χ1v) is 10.2. The number of nitrogens with zero attached hydrogens (tertiary/aromatic N) is 1. The SMILES string of the molecule is CCCCCCCOc1ccc(C(=O)Nc2cc(-c3ccc(C)cc3)no2)cc1. The van der Waals surface area contributed by atoms with Crippen molar-refractivity contribution in [3.8, 4) is 17.0 Å². The van der Waals surface area contributed by atoms with Gasteiger partial charge in [0.05, 0.1) is 6.61 Å². The van der Waals surface area contributed by atoms with Crippen LogP contribution in [0.1, 0.15) is 54.9 Å². The highest BCUT2D eigenvalue weighted by Crippen LogP contribution is 2.22. The quantitative estimate of drug-likeness (QED) is 0.414. The first kappa shape index (κ1) is 20.6. The highest BCUT2D eigenvalue weighted by molar-refractivity contribution is 6.03. The minimum absolute atomic E-state index is 0.247. The number of carbonyl (C=O) groups excluding carboxylic acids is 1. The molecule has 1 N–H and O–H groups in total. The molecule has 29 heavy (non-hydrogen) atoms. The van der Waals surface area contributed by atoms with E-state index in [9.17, 15) is 4.79 Å². The molecule has 1 heterocycles. The third-order valence-corrected chi connectivity index (χ3v) is 4.73. The Morgan fingerprint density at radius 3 is 2.45 bits per heavy atom. The Morgan fingerprint density at radius 2 is 1.72 bits per heavy atom. The third-order valence-electron chi connectivity index (χ3n) is 4.73. The Morgan fingerprint density at radius 1 is 1.00 bits per heavy atom. The summed E-state index contributed by atoms with van der Waals surface area (Å²) in [5, 5.41) is 6.77. The Balaban J connectivity index is 1.50. The van der Waals surface area contributed by atoms with Crippen molar-refractivity contribution >= 4 is 11.8 Å². The van der Waals surface area contributed by atoms with Crippen LogP contribution < -0.4 is 10.1 Å². The van der Waals surface area contributed by atoms with Gasteiger partial charge in [0.15, 0.2) is 0 Å². The number of rotatable bonds is 10. The lowest BCUT2D eigenvalue weighted by Crippen LogP contribution is -2.11. The zero-order valence-corrected chi connectivity index (χ0v) is 17.1. The lowest BCUT2D eigenvalue weighted by atomic mass is 10.1. The number of anilines is 1. The number of unbranched alkanes of at least 4 members (excludes halogenated alkanes) is 4. The van der Waals surface area contributed by atoms with E-state index in [4.69, 9.17) is 9.26 Å². The maximum absolute atomic E-state index is 12.4. The zero-order valence-electron chi connectivity index (χ0n) is 17.1. The summed E-state index contributed by atoms with van der Waals surface area (Å²) in [6.45, 7) is 4.94. The minimum Gasteiger partial charge on any atom is -0.494 e.